The fourth-order valence-electron chi connectivity index (χ4n) is 1.43. The molecule has 1 aromatic heterocycles. The Labute approximate surface area is 99.2 Å². The lowest BCUT2D eigenvalue weighted by Gasteiger charge is -2.08. The number of nitrogen functional groups attached to an aromatic ring is 1. The molecule has 0 bridgehead atoms. The molecule has 1 heterocycles. The van der Waals surface area contributed by atoms with Gasteiger partial charge in [0.1, 0.15) is 18.2 Å². The van der Waals surface area contributed by atoms with Crippen molar-refractivity contribution in [2.45, 2.75) is 33.1 Å². The Hall–Kier alpha value is -1.30. The van der Waals surface area contributed by atoms with Gasteiger partial charge < -0.3 is 10.5 Å². The number of rotatable bonds is 6. The van der Waals surface area contributed by atoms with Gasteiger partial charge in [-0.3, -0.25) is 0 Å². The maximum Gasteiger partial charge on any atom is 0.261 e. The molecule has 96 valence electrons. The number of hydrogen-bond acceptors (Lipinski definition) is 4. The lowest BCUT2D eigenvalue weighted by atomic mass is 10.2. The average Bonchev–Trinajstić information content (AvgIpc) is 2.28. The maximum absolute atomic E-state index is 11.8. The Balaban J connectivity index is 2.57. The predicted molar refractivity (Wildman–Crippen MR) is 61.1 cm³/mol. The van der Waals surface area contributed by atoms with Crippen molar-refractivity contribution in [2.75, 3.05) is 18.9 Å². The van der Waals surface area contributed by atoms with Crippen molar-refractivity contribution in [3.8, 4) is 0 Å². The topological polar surface area (TPSA) is 61.0 Å². The minimum absolute atomic E-state index is 0.177. The van der Waals surface area contributed by atoms with E-state index < -0.39 is 13.0 Å². The first-order valence-corrected chi connectivity index (χ1v) is 5.52. The summed E-state index contributed by atoms with van der Waals surface area (Å²) in [5.74, 6) is 0.986. The standard InChI is InChI=1S/C11H17F2N3O/c1-3-8-7(2)11(14)16-10(15-8)4-5-17-6-9(12)13/h9H,3-6H2,1-2H3,(H2,14,15,16). The maximum atomic E-state index is 11.8. The average molecular weight is 245 g/mol. The summed E-state index contributed by atoms with van der Waals surface area (Å²) in [5, 5.41) is 0. The first-order chi connectivity index (χ1) is 8.04. The molecule has 0 spiro atoms. The Morgan fingerprint density at radius 3 is 2.65 bits per heavy atom. The number of nitrogens with zero attached hydrogens (tertiary/aromatic N) is 2. The Kier molecular flexibility index (Phi) is 5.21. The first kappa shape index (κ1) is 13.8. The van der Waals surface area contributed by atoms with Gasteiger partial charge in [0.15, 0.2) is 0 Å². The van der Waals surface area contributed by atoms with E-state index in [1.54, 1.807) is 0 Å². The fraction of sp³-hybridized carbons (Fsp3) is 0.636. The highest BCUT2D eigenvalue weighted by Gasteiger charge is 2.08. The Morgan fingerprint density at radius 1 is 1.35 bits per heavy atom. The second-order valence-electron chi connectivity index (χ2n) is 3.67. The molecule has 0 unspecified atom stereocenters. The lowest BCUT2D eigenvalue weighted by molar-refractivity contribution is 0.0183. The van der Waals surface area contributed by atoms with Gasteiger partial charge >= 0.3 is 0 Å². The van der Waals surface area contributed by atoms with E-state index in [2.05, 4.69) is 9.97 Å². The monoisotopic (exact) mass is 245 g/mol. The zero-order valence-electron chi connectivity index (χ0n) is 10.0. The molecule has 17 heavy (non-hydrogen) atoms. The summed E-state index contributed by atoms with van der Waals surface area (Å²) in [7, 11) is 0. The third-order valence-corrected chi connectivity index (χ3v) is 2.38. The number of nitrogens with two attached hydrogens (primary N) is 1. The summed E-state index contributed by atoms with van der Waals surface area (Å²) in [6, 6.07) is 0. The van der Waals surface area contributed by atoms with Gasteiger partial charge in [0.2, 0.25) is 0 Å². The van der Waals surface area contributed by atoms with E-state index in [0.717, 1.165) is 17.7 Å². The predicted octanol–water partition coefficient (Wildman–Crippen LogP) is 1.75. The molecule has 0 amide bonds. The Morgan fingerprint density at radius 2 is 2.06 bits per heavy atom. The van der Waals surface area contributed by atoms with Gasteiger partial charge in [-0.1, -0.05) is 6.92 Å². The molecule has 6 heteroatoms. The van der Waals surface area contributed by atoms with Crippen LogP contribution in [0, 0.1) is 6.92 Å². The van der Waals surface area contributed by atoms with E-state index in [0.29, 0.717) is 18.1 Å². The summed E-state index contributed by atoms with van der Waals surface area (Å²) in [5.41, 5.74) is 7.51. The summed E-state index contributed by atoms with van der Waals surface area (Å²) in [6.45, 7) is 3.47. The highest BCUT2D eigenvalue weighted by Crippen LogP contribution is 2.12. The molecule has 0 radical (unpaired) electrons. The van der Waals surface area contributed by atoms with E-state index in [4.69, 9.17) is 10.5 Å². The van der Waals surface area contributed by atoms with Crippen LogP contribution in [-0.2, 0) is 17.6 Å². The molecule has 0 aromatic carbocycles. The van der Waals surface area contributed by atoms with Crippen LogP contribution in [0.5, 0.6) is 0 Å². The lowest BCUT2D eigenvalue weighted by Crippen LogP contribution is -2.11. The van der Waals surface area contributed by atoms with Crippen LogP contribution < -0.4 is 5.73 Å². The first-order valence-electron chi connectivity index (χ1n) is 5.52. The summed E-state index contributed by atoms with van der Waals surface area (Å²) in [6.07, 6.45) is -1.28. The minimum atomic E-state index is -2.44. The van der Waals surface area contributed by atoms with Crippen LogP contribution >= 0.6 is 0 Å². The summed E-state index contributed by atoms with van der Waals surface area (Å²) in [4.78, 5) is 8.41. The number of ether oxygens (including phenoxy) is 1. The second-order valence-corrected chi connectivity index (χ2v) is 3.67. The van der Waals surface area contributed by atoms with E-state index in [9.17, 15) is 8.78 Å². The van der Waals surface area contributed by atoms with Gasteiger partial charge in [0.05, 0.1) is 6.61 Å². The molecule has 0 aliphatic carbocycles. The van der Waals surface area contributed by atoms with Crippen LogP contribution in [0.25, 0.3) is 0 Å². The molecule has 1 aromatic rings. The van der Waals surface area contributed by atoms with E-state index in [1.807, 2.05) is 13.8 Å². The number of alkyl halides is 2. The van der Waals surface area contributed by atoms with E-state index in [-0.39, 0.29) is 6.61 Å². The molecule has 0 atom stereocenters. The van der Waals surface area contributed by atoms with Crippen molar-refractivity contribution in [2.24, 2.45) is 0 Å². The number of anilines is 1. The molecule has 0 fully saturated rings. The zero-order valence-corrected chi connectivity index (χ0v) is 10.0. The number of aromatic nitrogens is 2. The highest BCUT2D eigenvalue weighted by atomic mass is 19.3. The number of hydrogen-bond donors (Lipinski definition) is 1. The molecule has 0 saturated carbocycles. The molecular weight excluding hydrogens is 228 g/mol. The highest BCUT2D eigenvalue weighted by molar-refractivity contribution is 5.41. The van der Waals surface area contributed by atoms with Gasteiger partial charge in [-0.05, 0) is 13.3 Å². The number of halogens is 2. The molecule has 2 N–H and O–H groups in total. The van der Waals surface area contributed by atoms with E-state index in [1.165, 1.54) is 0 Å². The molecule has 4 nitrogen and oxygen atoms in total. The van der Waals surface area contributed by atoms with Gasteiger partial charge in [0.25, 0.3) is 6.43 Å². The second kappa shape index (κ2) is 6.44. The smallest absolute Gasteiger partial charge is 0.261 e. The largest absolute Gasteiger partial charge is 0.383 e. The van der Waals surface area contributed by atoms with Crippen molar-refractivity contribution >= 4 is 5.82 Å². The molecular formula is C11H17F2N3O. The number of aryl methyl sites for hydroxylation is 1. The van der Waals surface area contributed by atoms with Crippen LogP contribution in [0.15, 0.2) is 0 Å². The third kappa shape index (κ3) is 4.22. The van der Waals surface area contributed by atoms with Crippen LogP contribution in [-0.4, -0.2) is 29.6 Å². The van der Waals surface area contributed by atoms with Crippen molar-refractivity contribution in [3.63, 3.8) is 0 Å². The van der Waals surface area contributed by atoms with Crippen LogP contribution in [0.2, 0.25) is 0 Å². The minimum Gasteiger partial charge on any atom is -0.383 e. The van der Waals surface area contributed by atoms with Gasteiger partial charge in [-0.2, -0.15) is 0 Å². The van der Waals surface area contributed by atoms with Crippen molar-refractivity contribution in [1.82, 2.24) is 9.97 Å². The summed E-state index contributed by atoms with van der Waals surface area (Å²) >= 11 is 0. The van der Waals surface area contributed by atoms with Crippen LogP contribution in [0.1, 0.15) is 24.0 Å². The zero-order chi connectivity index (χ0) is 12.8. The van der Waals surface area contributed by atoms with Crippen molar-refractivity contribution < 1.29 is 13.5 Å². The Bertz CT molecular complexity index is 372. The summed E-state index contributed by atoms with van der Waals surface area (Å²) < 4.78 is 28.4. The van der Waals surface area contributed by atoms with Crippen molar-refractivity contribution in [3.05, 3.63) is 17.1 Å². The quantitative estimate of drug-likeness (QED) is 0.776. The van der Waals surface area contributed by atoms with Crippen molar-refractivity contribution in [1.29, 1.82) is 0 Å². The normalized spacial score (nSPS) is 11.1. The fourth-order valence-corrected chi connectivity index (χ4v) is 1.43. The molecule has 0 aliphatic rings. The van der Waals surface area contributed by atoms with Gasteiger partial charge in [-0.25, -0.2) is 18.7 Å². The van der Waals surface area contributed by atoms with Gasteiger partial charge in [0, 0.05) is 17.7 Å². The third-order valence-electron chi connectivity index (χ3n) is 2.38. The van der Waals surface area contributed by atoms with E-state index >= 15 is 0 Å². The molecule has 1 rings (SSSR count). The van der Waals surface area contributed by atoms with Gasteiger partial charge in [-0.15, -0.1) is 0 Å². The molecule has 0 saturated heterocycles. The molecule has 0 aliphatic heterocycles. The van der Waals surface area contributed by atoms with Crippen LogP contribution in [0.3, 0.4) is 0 Å². The van der Waals surface area contributed by atoms with Crippen LogP contribution in [0.4, 0.5) is 14.6 Å². The SMILES string of the molecule is CCc1nc(CCOCC(F)F)nc(N)c1C.